The van der Waals surface area contributed by atoms with E-state index in [1.807, 2.05) is 12.1 Å². The third kappa shape index (κ3) is 5.01. The number of thiocarbonyl (C=S) groups is 1. The van der Waals surface area contributed by atoms with Gasteiger partial charge in [-0.05, 0) is 62.4 Å². The molecule has 0 spiro atoms. The van der Waals surface area contributed by atoms with Crippen molar-refractivity contribution in [2.45, 2.75) is 38.2 Å². The van der Waals surface area contributed by atoms with E-state index in [-0.39, 0.29) is 0 Å². The summed E-state index contributed by atoms with van der Waals surface area (Å²) in [5.41, 5.74) is 0.943. The summed E-state index contributed by atoms with van der Waals surface area (Å²) in [5, 5.41) is 4.11. The third-order valence-corrected chi connectivity index (χ3v) is 4.86. The highest BCUT2D eigenvalue weighted by Crippen LogP contribution is 2.21. The largest absolute Gasteiger partial charge is 0.376 e. The van der Waals surface area contributed by atoms with Crippen LogP contribution in [-0.4, -0.2) is 40.8 Å². The van der Waals surface area contributed by atoms with Crippen LogP contribution in [0.1, 0.15) is 32.1 Å². The van der Waals surface area contributed by atoms with Gasteiger partial charge in [-0.3, -0.25) is 4.98 Å². The number of nitrogens with one attached hydrogen (secondary N) is 1. The van der Waals surface area contributed by atoms with Crippen molar-refractivity contribution < 1.29 is 4.74 Å². The van der Waals surface area contributed by atoms with Crippen LogP contribution in [0.5, 0.6) is 0 Å². The summed E-state index contributed by atoms with van der Waals surface area (Å²) >= 11 is 5.67. The second-order valence-corrected chi connectivity index (χ2v) is 6.75. The van der Waals surface area contributed by atoms with Crippen LogP contribution in [0.25, 0.3) is 0 Å². The van der Waals surface area contributed by atoms with Crippen LogP contribution in [0.15, 0.2) is 36.7 Å². The van der Waals surface area contributed by atoms with Crippen LogP contribution in [0.3, 0.4) is 0 Å². The topological polar surface area (TPSA) is 37.4 Å². The van der Waals surface area contributed by atoms with Gasteiger partial charge in [-0.2, -0.15) is 0 Å². The van der Waals surface area contributed by atoms with Gasteiger partial charge >= 0.3 is 0 Å². The van der Waals surface area contributed by atoms with Gasteiger partial charge in [0.25, 0.3) is 0 Å². The van der Waals surface area contributed by atoms with Gasteiger partial charge in [0.15, 0.2) is 5.11 Å². The number of anilines is 1. The first-order valence-electron chi connectivity index (χ1n) is 8.54. The van der Waals surface area contributed by atoms with Gasteiger partial charge in [-0.15, -0.1) is 0 Å². The molecule has 0 saturated carbocycles. The number of aromatic nitrogens is 1. The van der Waals surface area contributed by atoms with Gasteiger partial charge in [-0.25, -0.2) is 0 Å². The molecule has 1 aromatic rings. The van der Waals surface area contributed by atoms with E-state index in [9.17, 15) is 0 Å². The molecule has 2 aliphatic rings. The van der Waals surface area contributed by atoms with Crippen LogP contribution in [0.2, 0.25) is 0 Å². The highest BCUT2D eigenvalue weighted by atomic mass is 32.1. The number of hydrogen-bond acceptors (Lipinski definition) is 3. The summed E-state index contributed by atoms with van der Waals surface area (Å²) in [4.78, 5) is 6.44. The van der Waals surface area contributed by atoms with Gasteiger partial charge in [0.1, 0.15) is 0 Å². The summed E-state index contributed by atoms with van der Waals surface area (Å²) in [6.45, 7) is 2.76. The molecule has 2 atom stereocenters. The van der Waals surface area contributed by atoms with E-state index in [4.69, 9.17) is 17.0 Å². The van der Waals surface area contributed by atoms with E-state index in [0.717, 1.165) is 49.8 Å². The molecule has 2 heterocycles. The fourth-order valence-corrected chi connectivity index (χ4v) is 3.51. The minimum atomic E-state index is 0.308. The molecule has 0 amide bonds. The average molecular weight is 331 g/mol. The SMILES string of the molecule is S=C(Nc1cccnc1)N(CC1CC=CCC1)CC1CCCO1. The van der Waals surface area contributed by atoms with Crippen LogP contribution in [0, 0.1) is 5.92 Å². The second kappa shape index (κ2) is 8.41. The van der Waals surface area contributed by atoms with E-state index >= 15 is 0 Å². The summed E-state index contributed by atoms with van der Waals surface area (Å²) < 4.78 is 5.82. The first-order valence-corrected chi connectivity index (χ1v) is 8.94. The zero-order valence-corrected chi connectivity index (χ0v) is 14.3. The fraction of sp³-hybridized carbons (Fsp3) is 0.556. The Hall–Kier alpha value is -1.46. The summed E-state index contributed by atoms with van der Waals surface area (Å²) in [7, 11) is 0. The standard InChI is InChI=1S/C18H25N3OS/c23-18(20-16-8-4-10-19-12-16)21(14-17-9-5-11-22-17)13-15-6-2-1-3-7-15/h1-2,4,8,10,12,15,17H,3,5-7,9,11,13-14H2,(H,20,23). The van der Waals surface area contributed by atoms with Gasteiger partial charge in [-0.1, -0.05) is 12.2 Å². The Labute approximate surface area is 143 Å². The lowest BCUT2D eigenvalue weighted by molar-refractivity contribution is 0.0882. The Bertz CT molecular complexity index is 528. The maximum Gasteiger partial charge on any atom is 0.173 e. The van der Waals surface area contributed by atoms with Gasteiger partial charge in [0, 0.05) is 25.9 Å². The van der Waals surface area contributed by atoms with Gasteiger partial charge < -0.3 is 15.0 Å². The minimum absolute atomic E-state index is 0.308. The monoisotopic (exact) mass is 331 g/mol. The lowest BCUT2D eigenvalue weighted by Crippen LogP contribution is -2.42. The maximum absolute atomic E-state index is 5.82. The lowest BCUT2D eigenvalue weighted by Gasteiger charge is -2.32. The van der Waals surface area contributed by atoms with Crippen molar-refractivity contribution >= 4 is 23.0 Å². The van der Waals surface area contributed by atoms with E-state index in [1.165, 1.54) is 12.8 Å². The lowest BCUT2D eigenvalue weighted by atomic mass is 9.94. The van der Waals surface area contributed by atoms with Gasteiger partial charge in [0.05, 0.1) is 18.0 Å². The molecule has 5 heteroatoms. The van der Waals surface area contributed by atoms with E-state index in [0.29, 0.717) is 12.0 Å². The average Bonchev–Trinajstić information content (AvgIpc) is 3.09. The van der Waals surface area contributed by atoms with E-state index in [1.54, 1.807) is 12.4 Å². The molecule has 1 aliphatic carbocycles. The molecule has 1 fully saturated rings. The molecule has 0 aromatic carbocycles. The van der Waals surface area contributed by atoms with Gasteiger partial charge in [0.2, 0.25) is 0 Å². The Morgan fingerprint density at radius 2 is 2.30 bits per heavy atom. The quantitative estimate of drug-likeness (QED) is 0.659. The molecular formula is C18H25N3OS. The minimum Gasteiger partial charge on any atom is -0.376 e. The summed E-state index contributed by atoms with van der Waals surface area (Å²) in [6, 6.07) is 3.91. The third-order valence-electron chi connectivity index (χ3n) is 4.50. The van der Waals surface area contributed by atoms with Crippen LogP contribution < -0.4 is 5.32 Å². The Morgan fingerprint density at radius 3 is 3.00 bits per heavy atom. The van der Waals surface area contributed by atoms with Crippen molar-refractivity contribution in [1.82, 2.24) is 9.88 Å². The molecule has 3 rings (SSSR count). The predicted octanol–water partition coefficient (Wildman–Crippen LogP) is 3.62. The smallest absolute Gasteiger partial charge is 0.173 e. The van der Waals surface area contributed by atoms with Crippen LogP contribution in [-0.2, 0) is 4.74 Å². The van der Waals surface area contributed by atoms with E-state index in [2.05, 4.69) is 27.4 Å². The van der Waals surface area contributed by atoms with Crippen molar-refractivity contribution in [3.05, 3.63) is 36.7 Å². The van der Waals surface area contributed by atoms with Crippen molar-refractivity contribution in [1.29, 1.82) is 0 Å². The Kier molecular flexibility index (Phi) is 6.00. The number of ether oxygens (including phenoxy) is 1. The number of nitrogens with zero attached hydrogens (tertiary/aromatic N) is 2. The zero-order valence-electron chi connectivity index (χ0n) is 13.5. The normalized spacial score (nSPS) is 23.7. The summed E-state index contributed by atoms with van der Waals surface area (Å²) in [5.74, 6) is 0.676. The Balaban J connectivity index is 1.62. The Morgan fingerprint density at radius 1 is 1.35 bits per heavy atom. The predicted molar refractivity (Wildman–Crippen MR) is 97.5 cm³/mol. The highest BCUT2D eigenvalue weighted by Gasteiger charge is 2.23. The molecular weight excluding hydrogens is 306 g/mol. The number of pyridine rings is 1. The summed E-state index contributed by atoms with van der Waals surface area (Å²) in [6.07, 6.45) is 14.3. The molecule has 0 radical (unpaired) electrons. The molecule has 0 bridgehead atoms. The second-order valence-electron chi connectivity index (χ2n) is 6.36. The van der Waals surface area contributed by atoms with Crippen LogP contribution >= 0.6 is 12.2 Å². The van der Waals surface area contributed by atoms with E-state index < -0.39 is 0 Å². The molecule has 4 nitrogen and oxygen atoms in total. The van der Waals surface area contributed by atoms with Crippen molar-refractivity contribution in [2.24, 2.45) is 5.92 Å². The molecule has 124 valence electrons. The van der Waals surface area contributed by atoms with Crippen molar-refractivity contribution in [2.75, 3.05) is 25.0 Å². The first kappa shape index (κ1) is 16.4. The number of allylic oxidation sites excluding steroid dienone is 2. The molecule has 1 saturated heterocycles. The molecule has 1 aromatic heterocycles. The van der Waals surface area contributed by atoms with Crippen molar-refractivity contribution in [3.8, 4) is 0 Å². The first-order chi connectivity index (χ1) is 11.3. The van der Waals surface area contributed by atoms with Crippen LogP contribution in [0.4, 0.5) is 5.69 Å². The van der Waals surface area contributed by atoms with Crippen molar-refractivity contribution in [3.63, 3.8) is 0 Å². The zero-order chi connectivity index (χ0) is 15.9. The number of rotatable bonds is 5. The molecule has 2 unspecified atom stereocenters. The highest BCUT2D eigenvalue weighted by molar-refractivity contribution is 7.80. The molecule has 23 heavy (non-hydrogen) atoms. The fourth-order valence-electron chi connectivity index (χ4n) is 3.25. The number of hydrogen-bond donors (Lipinski definition) is 1. The molecule has 1 N–H and O–H groups in total. The maximum atomic E-state index is 5.82. The molecule has 1 aliphatic heterocycles.